The predicted molar refractivity (Wildman–Crippen MR) is 98.8 cm³/mol. The van der Waals surface area contributed by atoms with Crippen LogP contribution in [0.3, 0.4) is 0 Å². The van der Waals surface area contributed by atoms with Gasteiger partial charge >= 0.3 is 11.9 Å². The molecule has 0 amide bonds. The van der Waals surface area contributed by atoms with Crippen LogP contribution in [0.25, 0.3) is 0 Å². The molecule has 1 saturated carbocycles. The van der Waals surface area contributed by atoms with E-state index in [9.17, 15) is 9.59 Å². The molecule has 1 fully saturated rings. The summed E-state index contributed by atoms with van der Waals surface area (Å²) >= 11 is 0. The zero-order chi connectivity index (χ0) is 19.8. The molecular weight excluding hydrogens is 346 g/mol. The number of rotatable bonds is 7. The largest absolute Gasteiger partial charge is 0.481 e. The monoisotopic (exact) mass is 373 g/mol. The quantitative estimate of drug-likeness (QED) is 0.680. The summed E-state index contributed by atoms with van der Waals surface area (Å²) < 4.78 is 15.8. The number of ether oxygens (including phenoxy) is 3. The smallest absolute Gasteiger partial charge is 0.344 e. The molecule has 6 heteroatoms. The van der Waals surface area contributed by atoms with Crippen LogP contribution in [0.15, 0.2) is 24.3 Å². The van der Waals surface area contributed by atoms with E-state index in [0.717, 1.165) is 19.3 Å². The fourth-order valence-electron chi connectivity index (χ4n) is 3.46. The van der Waals surface area contributed by atoms with Crippen LogP contribution in [0.2, 0.25) is 0 Å². The van der Waals surface area contributed by atoms with Gasteiger partial charge in [0.1, 0.15) is 17.9 Å². The second kappa shape index (κ2) is 9.96. The van der Waals surface area contributed by atoms with Gasteiger partial charge in [-0.3, -0.25) is 0 Å². The van der Waals surface area contributed by atoms with Crippen molar-refractivity contribution in [2.45, 2.75) is 46.1 Å². The summed E-state index contributed by atoms with van der Waals surface area (Å²) in [7, 11) is 0. The zero-order valence-electron chi connectivity index (χ0n) is 16.1. The molecule has 0 aliphatic heterocycles. The van der Waals surface area contributed by atoms with E-state index < -0.39 is 18.5 Å². The van der Waals surface area contributed by atoms with Crippen molar-refractivity contribution < 1.29 is 23.8 Å². The van der Waals surface area contributed by atoms with E-state index in [4.69, 9.17) is 19.5 Å². The van der Waals surface area contributed by atoms with Crippen molar-refractivity contribution in [2.24, 2.45) is 17.8 Å². The first kappa shape index (κ1) is 20.8. The Hall–Kier alpha value is -2.55. The third-order valence-electron chi connectivity index (χ3n) is 4.95. The predicted octanol–water partition coefficient (Wildman–Crippen LogP) is 3.48. The summed E-state index contributed by atoms with van der Waals surface area (Å²) in [4.78, 5) is 23.9. The Kier molecular flexibility index (Phi) is 7.66. The van der Waals surface area contributed by atoms with Crippen molar-refractivity contribution in [3.63, 3.8) is 0 Å². The highest BCUT2D eigenvalue weighted by Crippen LogP contribution is 2.35. The molecular formula is C21H27NO5. The molecule has 1 aromatic carbocycles. The Morgan fingerprint density at radius 1 is 1.19 bits per heavy atom. The van der Waals surface area contributed by atoms with Gasteiger partial charge in [-0.25, -0.2) is 9.59 Å². The molecule has 0 N–H and O–H groups in total. The molecule has 0 unspecified atom stereocenters. The maximum absolute atomic E-state index is 12.1. The van der Waals surface area contributed by atoms with Crippen LogP contribution in [-0.2, 0) is 19.1 Å². The van der Waals surface area contributed by atoms with Gasteiger partial charge < -0.3 is 14.2 Å². The lowest BCUT2D eigenvalue weighted by Crippen LogP contribution is -2.37. The van der Waals surface area contributed by atoms with Crippen LogP contribution < -0.4 is 4.74 Å². The van der Waals surface area contributed by atoms with Crippen molar-refractivity contribution in [2.75, 3.05) is 13.2 Å². The van der Waals surface area contributed by atoms with Gasteiger partial charge in [-0.1, -0.05) is 39.3 Å². The highest BCUT2D eigenvalue weighted by molar-refractivity contribution is 5.77. The SMILES string of the molecule is CC(C)[C@H]1CC[C@@H](C)C[C@@H]1OC(=O)COC(=O)COc1ccccc1C#N. The van der Waals surface area contributed by atoms with Gasteiger partial charge in [0.25, 0.3) is 0 Å². The van der Waals surface area contributed by atoms with Gasteiger partial charge in [-0.2, -0.15) is 5.26 Å². The van der Waals surface area contributed by atoms with Crippen LogP contribution >= 0.6 is 0 Å². The highest BCUT2D eigenvalue weighted by Gasteiger charge is 2.33. The number of hydrogen-bond donors (Lipinski definition) is 0. The summed E-state index contributed by atoms with van der Waals surface area (Å²) in [5.74, 6) is 0.380. The summed E-state index contributed by atoms with van der Waals surface area (Å²) in [5, 5.41) is 8.99. The molecule has 0 heterocycles. The van der Waals surface area contributed by atoms with Crippen molar-refractivity contribution in [3.8, 4) is 11.8 Å². The van der Waals surface area contributed by atoms with E-state index in [2.05, 4.69) is 20.8 Å². The lowest BCUT2D eigenvalue weighted by molar-refractivity contribution is -0.167. The van der Waals surface area contributed by atoms with E-state index in [-0.39, 0.29) is 12.7 Å². The topological polar surface area (TPSA) is 85.6 Å². The minimum atomic E-state index is -0.683. The van der Waals surface area contributed by atoms with Crippen LogP contribution in [0.5, 0.6) is 5.75 Å². The van der Waals surface area contributed by atoms with Gasteiger partial charge in [0.2, 0.25) is 0 Å². The second-order valence-corrected chi connectivity index (χ2v) is 7.41. The number of benzene rings is 1. The Bertz CT molecular complexity index is 694. The van der Waals surface area contributed by atoms with Crippen molar-refractivity contribution in [3.05, 3.63) is 29.8 Å². The number of hydrogen-bond acceptors (Lipinski definition) is 6. The molecule has 3 atom stereocenters. The zero-order valence-corrected chi connectivity index (χ0v) is 16.1. The molecule has 1 aromatic rings. The van der Waals surface area contributed by atoms with E-state index in [0.29, 0.717) is 29.1 Å². The second-order valence-electron chi connectivity index (χ2n) is 7.41. The van der Waals surface area contributed by atoms with Crippen LogP contribution in [-0.4, -0.2) is 31.3 Å². The Balaban J connectivity index is 1.77. The Morgan fingerprint density at radius 2 is 1.93 bits per heavy atom. The van der Waals surface area contributed by atoms with E-state index in [1.807, 2.05) is 6.07 Å². The van der Waals surface area contributed by atoms with Crippen LogP contribution in [0, 0.1) is 29.1 Å². The van der Waals surface area contributed by atoms with E-state index >= 15 is 0 Å². The first-order valence-electron chi connectivity index (χ1n) is 9.37. The number of carbonyl (C=O) groups excluding carboxylic acids is 2. The van der Waals surface area contributed by atoms with Crippen molar-refractivity contribution in [1.29, 1.82) is 5.26 Å². The minimum Gasteiger partial charge on any atom is -0.481 e. The summed E-state index contributed by atoms with van der Waals surface area (Å²) in [6.07, 6.45) is 2.91. The van der Waals surface area contributed by atoms with Gasteiger partial charge in [0, 0.05) is 0 Å². The fourth-order valence-corrected chi connectivity index (χ4v) is 3.46. The van der Waals surface area contributed by atoms with Gasteiger partial charge in [0.15, 0.2) is 13.2 Å². The Morgan fingerprint density at radius 3 is 2.63 bits per heavy atom. The first-order valence-corrected chi connectivity index (χ1v) is 9.37. The van der Waals surface area contributed by atoms with Crippen molar-refractivity contribution >= 4 is 11.9 Å². The number of nitrogens with zero attached hydrogens (tertiary/aromatic N) is 1. The minimum absolute atomic E-state index is 0.126. The Labute approximate surface area is 160 Å². The third-order valence-corrected chi connectivity index (χ3v) is 4.95. The van der Waals surface area contributed by atoms with E-state index in [1.165, 1.54) is 0 Å². The first-order chi connectivity index (χ1) is 12.9. The number of nitriles is 1. The van der Waals surface area contributed by atoms with Crippen LogP contribution in [0.4, 0.5) is 0 Å². The highest BCUT2D eigenvalue weighted by atomic mass is 16.6. The third kappa shape index (κ3) is 6.28. The number of para-hydroxylation sites is 1. The van der Waals surface area contributed by atoms with Gasteiger partial charge in [0.05, 0.1) is 5.56 Å². The lowest BCUT2D eigenvalue weighted by atomic mass is 9.75. The molecule has 1 aliphatic carbocycles. The molecule has 27 heavy (non-hydrogen) atoms. The average molecular weight is 373 g/mol. The number of carbonyl (C=O) groups is 2. The number of esters is 2. The van der Waals surface area contributed by atoms with Gasteiger partial charge in [-0.15, -0.1) is 0 Å². The molecule has 0 aromatic heterocycles. The molecule has 0 spiro atoms. The molecule has 146 valence electrons. The molecule has 0 radical (unpaired) electrons. The lowest BCUT2D eigenvalue weighted by Gasteiger charge is -2.36. The molecule has 2 rings (SSSR count). The normalized spacial score (nSPS) is 22.0. The summed E-state index contributed by atoms with van der Waals surface area (Å²) in [6, 6.07) is 8.57. The van der Waals surface area contributed by atoms with E-state index in [1.54, 1.807) is 24.3 Å². The van der Waals surface area contributed by atoms with Crippen molar-refractivity contribution in [1.82, 2.24) is 0 Å². The maximum Gasteiger partial charge on any atom is 0.344 e. The molecule has 0 bridgehead atoms. The average Bonchev–Trinajstić information content (AvgIpc) is 2.64. The summed E-state index contributed by atoms with van der Waals surface area (Å²) in [5.41, 5.74) is 0.329. The van der Waals surface area contributed by atoms with Gasteiger partial charge in [-0.05, 0) is 42.7 Å². The summed E-state index contributed by atoms with van der Waals surface area (Å²) in [6.45, 7) is 5.63. The fraction of sp³-hybridized carbons (Fsp3) is 0.571. The maximum atomic E-state index is 12.1. The molecule has 6 nitrogen and oxygen atoms in total. The molecule has 1 aliphatic rings. The molecule has 0 saturated heterocycles. The van der Waals surface area contributed by atoms with Crippen LogP contribution in [0.1, 0.15) is 45.6 Å². The standard InChI is InChI=1S/C21H27NO5/c1-14(2)17-9-8-15(3)10-19(17)27-21(24)13-26-20(23)12-25-18-7-5-4-6-16(18)11-22/h4-7,14-15,17,19H,8-10,12-13H2,1-3H3/t15-,17-,19+/m1/s1.